The van der Waals surface area contributed by atoms with Crippen molar-refractivity contribution in [3.63, 3.8) is 0 Å². The van der Waals surface area contributed by atoms with Crippen molar-refractivity contribution in [3.05, 3.63) is 88.3 Å². The summed E-state index contributed by atoms with van der Waals surface area (Å²) in [6, 6.07) is 12.6. The summed E-state index contributed by atoms with van der Waals surface area (Å²) >= 11 is 12.3. The minimum absolute atomic E-state index is 0.0234. The van der Waals surface area contributed by atoms with Crippen LogP contribution in [0.15, 0.2) is 67.0 Å². The smallest absolute Gasteiger partial charge is 0.311 e. The third kappa shape index (κ3) is 7.63. The first-order valence-corrected chi connectivity index (χ1v) is 12.8. The summed E-state index contributed by atoms with van der Waals surface area (Å²) in [5, 5.41) is 2.35. The number of allylic oxidation sites excluding steroid dienone is 2. The highest BCUT2D eigenvalue weighted by atomic mass is 35.5. The molecule has 5 nitrogen and oxygen atoms in total. The lowest BCUT2D eigenvalue weighted by atomic mass is 9.84. The second-order valence-electron chi connectivity index (χ2n) is 8.72. The van der Waals surface area contributed by atoms with Crippen LogP contribution < -0.4 is 4.74 Å². The Bertz CT molecular complexity index is 1200. The Hall–Kier alpha value is -2.73. The van der Waals surface area contributed by atoms with Crippen molar-refractivity contribution in [1.29, 1.82) is 0 Å². The molecule has 2 atom stereocenters. The predicted octanol–water partition coefficient (Wildman–Crippen LogP) is 7.88. The van der Waals surface area contributed by atoms with Gasteiger partial charge in [-0.2, -0.15) is 0 Å². The Morgan fingerprint density at radius 1 is 1.11 bits per heavy atom. The Morgan fingerprint density at radius 2 is 1.83 bits per heavy atom. The third-order valence-corrected chi connectivity index (χ3v) is 6.49. The number of carbonyl (C=O) groups excluding carboxylic acids is 1. The fourth-order valence-electron chi connectivity index (χ4n) is 4.18. The van der Waals surface area contributed by atoms with Gasteiger partial charge < -0.3 is 19.2 Å². The van der Waals surface area contributed by atoms with Crippen molar-refractivity contribution in [2.75, 3.05) is 20.3 Å². The van der Waals surface area contributed by atoms with Gasteiger partial charge >= 0.3 is 5.97 Å². The molecule has 1 N–H and O–H groups in total. The van der Waals surface area contributed by atoms with Crippen LogP contribution >= 0.6 is 23.2 Å². The first-order chi connectivity index (χ1) is 17.3. The number of fused-ring (bicyclic) bond motifs is 1. The van der Waals surface area contributed by atoms with E-state index in [4.69, 9.17) is 37.4 Å². The van der Waals surface area contributed by atoms with Crippen LogP contribution in [-0.4, -0.2) is 31.3 Å². The average Bonchev–Trinajstić information content (AvgIpc) is 3.20. The van der Waals surface area contributed by atoms with Gasteiger partial charge in [-0.25, -0.2) is 0 Å². The highest BCUT2D eigenvalue weighted by Gasteiger charge is 2.27. The van der Waals surface area contributed by atoms with Gasteiger partial charge in [-0.1, -0.05) is 56.1 Å². The molecule has 0 saturated heterocycles. The zero-order chi connectivity index (χ0) is 26.1. The monoisotopic (exact) mass is 529 g/mol. The van der Waals surface area contributed by atoms with Gasteiger partial charge in [-0.15, -0.1) is 0 Å². The van der Waals surface area contributed by atoms with Crippen molar-refractivity contribution in [2.45, 2.75) is 39.0 Å². The minimum atomic E-state index is -0.322. The largest absolute Gasteiger partial charge is 0.492 e. The summed E-state index contributed by atoms with van der Waals surface area (Å²) in [5.41, 5.74) is 3.19. The van der Waals surface area contributed by atoms with Crippen molar-refractivity contribution in [1.82, 2.24) is 4.98 Å². The lowest BCUT2D eigenvalue weighted by Gasteiger charge is -2.22. The number of halogens is 2. The van der Waals surface area contributed by atoms with E-state index < -0.39 is 0 Å². The standard InChI is InChI=1S/C29H33Cl2NO4/c1-5-6-24-26-17-22(31)11-14-27(26)32-29(24)25(19(2)7-8-20(3)35-16-15-34-4)18-28(33)36-23-12-9-21(30)10-13-23/h7-14,17,19,25,32H,3,5-6,15-16,18H2,1-2,4H3/b8-7-. The van der Waals surface area contributed by atoms with Crippen LogP contribution in [0.1, 0.15) is 43.9 Å². The molecule has 7 heteroatoms. The second-order valence-corrected chi connectivity index (χ2v) is 9.59. The first kappa shape index (κ1) is 27.9. The SMILES string of the molecule is C=C(/C=C\C(C)C(CC(=O)Oc1ccc(Cl)cc1)c1[nH]c2ccc(Cl)cc2c1CCC)OCCOC. The maximum atomic E-state index is 13.1. The van der Waals surface area contributed by atoms with E-state index in [0.29, 0.717) is 34.8 Å². The topological polar surface area (TPSA) is 60.6 Å². The van der Waals surface area contributed by atoms with Crippen LogP contribution in [-0.2, 0) is 20.7 Å². The van der Waals surface area contributed by atoms with Crippen LogP contribution in [0, 0.1) is 5.92 Å². The molecule has 2 aromatic carbocycles. The number of aromatic nitrogens is 1. The van der Waals surface area contributed by atoms with E-state index in [9.17, 15) is 4.79 Å². The number of benzene rings is 2. The molecule has 0 fully saturated rings. The Kier molecular flexibility index (Phi) is 10.5. The molecule has 192 valence electrons. The number of aryl methyl sites for hydroxylation is 1. The fourth-order valence-corrected chi connectivity index (χ4v) is 4.48. The van der Waals surface area contributed by atoms with Gasteiger partial charge in [-0.05, 0) is 66.4 Å². The molecule has 0 radical (unpaired) electrons. The molecule has 0 aliphatic rings. The molecule has 0 bridgehead atoms. The number of H-pyrrole nitrogens is 1. The Labute approximate surface area is 223 Å². The number of ether oxygens (including phenoxy) is 3. The highest BCUT2D eigenvalue weighted by Crippen LogP contribution is 2.37. The Morgan fingerprint density at radius 3 is 2.53 bits per heavy atom. The van der Waals surface area contributed by atoms with Gasteiger partial charge in [0.05, 0.1) is 13.0 Å². The van der Waals surface area contributed by atoms with Crippen LogP contribution in [0.4, 0.5) is 0 Å². The molecule has 36 heavy (non-hydrogen) atoms. The quantitative estimate of drug-likeness (QED) is 0.0803. The molecular formula is C29H33Cl2NO4. The maximum Gasteiger partial charge on any atom is 0.311 e. The average molecular weight is 530 g/mol. The van der Waals surface area contributed by atoms with Crippen LogP contribution in [0.25, 0.3) is 10.9 Å². The maximum absolute atomic E-state index is 13.1. The summed E-state index contributed by atoms with van der Waals surface area (Å²) in [7, 11) is 1.62. The van der Waals surface area contributed by atoms with Crippen LogP contribution in [0.5, 0.6) is 5.75 Å². The number of methoxy groups -OCH3 is 1. The minimum Gasteiger partial charge on any atom is -0.492 e. The predicted molar refractivity (Wildman–Crippen MR) is 147 cm³/mol. The fraction of sp³-hybridized carbons (Fsp3) is 0.345. The molecule has 1 aromatic heterocycles. The summed E-state index contributed by atoms with van der Waals surface area (Å²) in [6.07, 6.45) is 5.87. The number of carbonyl (C=O) groups is 1. The second kappa shape index (κ2) is 13.5. The molecule has 0 aliphatic carbocycles. The molecular weight excluding hydrogens is 497 g/mol. The van der Waals surface area contributed by atoms with E-state index in [1.54, 1.807) is 31.4 Å². The zero-order valence-electron chi connectivity index (χ0n) is 21.0. The van der Waals surface area contributed by atoms with Crippen LogP contribution in [0.3, 0.4) is 0 Å². The van der Waals surface area contributed by atoms with Crippen molar-refractivity contribution in [2.24, 2.45) is 5.92 Å². The summed E-state index contributed by atoms with van der Waals surface area (Å²) < 4.78 is 16.2. The number of aromatic amines is 1. The van der Waals surface area contributed by atoms with Crippen LogP contribution in [0.2, 0.25) is 10.0 Å². The summed E-state index contributed by atoms with van der Waals surface area (Å²) in [5.74, 6) is 0.490. The van der Waals surface area contributed by atoms with E-state index in [2.05, 4.69) is 25.4 Å². The van der Waals surface area contributed by atoms with Crippen molar-refractivity contribution < 1.29 is 19.0 Å². The lowest BCUT2D eigenvalue weighted by Crippen LogP contribution is -2.19. The highest BCUT2D eigenvalue weighted by molar-refractivity contribution is 6.31. The normalized spacial score (nSPS) is 13.1. The van der Waals surface area contributed by atoms with Gasteiger partial charge in [-0.3, -0.25) is 4.79 Å². The van der Waals surface area contributed by atoms with Gasteiger partial charge in [0, 0.05) is 39.7 Å². The number of esters is 1. The van der Waals surface area contributed by atoms with E-state index in [1.165, 1.54) is 5.56 Å². The van der Waals surface area contributed by atoms with Gasteiger partial charge in [0.15, 0.2) is 0 Å². The molecule has 0 spiro atoms. The Balaban J connectivity index is 1.92. The molecule has 0 aliphatic heterocycles. The number of hydrogen-bond donors (Lipinski definition) is 1. The third-order valence-electron chi connectivity index (χ3n) is 6.00. The number of rotatable bonds is 13. The van der Waals surface area contributed by atoms with E-state index in [1.807, 2.05) is 30.4 Å². The molecule has 3 aromatic rings. The molecule has 0 amide bonds. The van der Waals surface area contributed by atoms with E-state index >= 15 is 0 Å². The van der Waals surface area contributed by atoms with E-state index in [0.717, 1.165) is 29.4 Å². The zero-order valence-corrected chi connectivity index (χ0v) is 22.5. The van der Waals surface area contributed by atoms with Crippen molar-refractivity contribution >= 4 is 40.1 Å². The summed E-state index contributed by atoms with van der Waals surface area (Å²) in [4.78, 5) is 16.6. The number of nitrogens with one attached hydrogen (secondary N) is 1. The molecule has 1 heterocycles. The van der Waals surface area contributed by atoms with Gasteiger partial charge in [0.1, 0.15) is 18.1 Å². The van der Waals surface area contributed by atoms with E-state index in [-0.39, 0.29) is 24.2 Å². The first-order valence-electron chi connectivity index (χ1n) is 12.1. The van der Waals surface area contributed by atoms with Gasteiger partial charge in [0.25, 0.3) is 0 Å². The summed E-state index contributed by atoms with van der Waals surface area (Å²) in [6.45, 7) is 9.08. The van der Waals surface area contributed by atoms with Gasteiger partial charge in [0.2, 0.25) is 0 Å². The number of hydrogen-bond acceptors (Lipinski definition) is 4. The molecule has 0 saturated carbocycles. The van der Waals surface area contributed by atoms with Crippen molar-refractivity contribution in [3.8, 4) is 5.75 Å². The molecule has 3 rings (SSSR count). The molecule has 2 unspecified atom stereocenters. The lowest BCUT2D eigenvalue weighted by molar-refractivity contribution is -0.135.